The van der Waals surface area contributed by atoms with Crippen molar-refractivity contribution in [2.24, 2.45) is 0 Å². The summed E-state index contributed by atoms with van der Waals surface area (Å²) >= 11 is 0. The van der Waals surface area contributed by atoms with E-state index in [1.54, 1.807) is 12.1 Å². The summed E-state index contributed by atoms with van der Waals surface area (Å²) in [5.41, 5.74) is 6.17. The minimum atomic E-state index is -0.488. The zero-order valence-electron chi connectivity index (χ0n) is 18.1. The van der Waals surface area contributed by atoms with Crippen LogP contribution in [0.2, 0.25) is 0 Å². The van der Waals surface area contributed by atoms with Gasteiger partial charge in [0.15, 0.2) is 0 Å². The number of ether oxygens (including phenoxy) is 1. The molecule has 2 N–H and O–H groups in total. The Balaban J connectivity index is 1.12. The third-order valence-corrected chi connectivity index (χ3v) is 5.96. The lowest BCUT2D eigenvalue weighted by Crippen LogP contribution is -2.26. The largest absolute Gasteiger partial charge is 0.449 e. The van der Waals surface area contributed by atoms with E-state index < -0.39 is 6.09 Å². The molecule has 5 nitrogen and oxygen atoms in total. The van der Waals surface area contributed by atoms with Gasteiger partial charge in [0.2, 0.25) is 0 Å². The van der Waals surface area contributed by atoms with Gasteiger partial charge in [-0.25, -0.2) is 4.79 Å². The number of benzene rings is 3. The number of hydrogen-bond donors (Lipinski definition) is 2. The van der Waals surface area contributed by atoms with E-state index in [9.17, 15) is 9.59 Å². The highest BCUT2D eigenvalue weighted by Gasteiger charge is 2.29. The van der Waals surface area contributed by atoms with Gasteiger partial charge in [0.25, 0.3) is 5.91 Å². The Labute approximate surface area is 193 Å². The van der Waals surface area contributed by atoms with Gasteiger partial charge >= 0.3 is 6.09 Å². The third kappa shape index (κ3) is 4.75. The van der Waals surface area contributed by atoms with Crippen LogP contribution in [0.1, 0.15) is 45.8 Å². The van der Waals surface area contributed by atoms with Crippen molar-refractivity contribution in [2.75, 3.05) is 13.2 Å². The van der Waals surface area contributed by atoms with E-state index in [1.807, 2.05) is 36.4 Å². The molecule has 164 valence electrons. The normalized spacial score (nSPS) is 13.8. The van der Waals surface area contributed by atoms with E-state index in [1.165, 1.54) is 22.3 Å². The molecule has 5 rings (SSSR count). The molecule has 1 fully saturated rings. The maximum Gasteiger partial charge on any atom is 0.407 e. The molecule has 0 spiro atoms. The van der Waals surface area contributed by atoms with Gasteiger partial charge in [-0.2, -0.15) is 0 Å². The van der Waals surface area contributed by atoms with Crippen LogP contribution in [0.3, 0.4) is 0 Å². The van der Waals surface area contributed by atoms with Gasteiger partial charge in [0, 0.05) is 23.1 Å². The fourth-order valence-corrected chi connectivity index (χ4v) is 4.11. The van der Waals surface area contributed by atoms with Crippen molar-refractivity contribution in [2.45, 2.75) is 24.8 Å². The molecule has 0 aliphatic heterocycles. The molecule has 2 amide bonds. The highest BCUT2D eigenvalue weighted by atomic mass is 16.5. The zero-order chi connectivity index (χ0) is 22.6. The van der Waals surface area contributed by atoms with Crippen LogP contribution in [0.15, 0.2) is 72.8 Å². The van der Waals surface area contributed by atoms with E-state index in [0.717, 1.165) is 18.4 Å². The Morgan fingerprint density at radius 1 is 0.879 bits per heavy atom. The number of hydrogen-bond acceptors (Lipinski definition) is 3. The van der Waals surface area contributed by atoms with Crippen LogP contribution in [-0.2, 0) is 4.74 Å². The molecule has 1 saturated carbocycles. The fourth-order valence-electron chi connectivity index (χ4n) is 4.11. The predicted octanol–water partition coefficient (Wildman–Crippen LogP) is 4.47. The SMILES string of the molecule is O=C(NCC#Cc1ccc(C(=O)NC2CC2)cc1)OCC1c2ccccc2-c2ccccc21. The molecule has 3 aromatic carbocycles. The molecule has 0 radical (unpaired) electrons. The molecule has 0 atom stereocenters. The summed E-state index contributed by atoms with van der Waals surface area (Å²) in [5, 5.41) is 5.65. The number of fused-ring (bicyclic) bond motifs is 3. The van der Waals surface area contributed by atoms with Crippen molar-refractivity contribution in [3.05, 3.63) is 95.1 Å². The molecule has 3 aromatic rings. The number of carbonyl (C=O) groups excluding carboxylic acids is 2. The summed E-state index contributed by atoms with van der Waals surface area (Å²) in [6.07, 6.45) is 1.64. The maximum absolute atomic E-state index is 12.2. The second kappa shape index (κ2) is 9.22. The first-order valence-corrected chi connectivity index (χ1v) is 11.2. The number of rotatable bonds is 5. The minimum Gasteiger partial charge on any atom is -0.449 e. The first-order chi connectivity index (χ1) is 16.2. The molecule has 0 heterocycles. The lowest BCUT2D eigenvalue weighted by Gasteiger charge is -2.14. The topological polar surface area (TPSA) is 67.4 Å². The maximum atomic E-state index is 12.2. The Kier molecular flexibility index (Phi) is 5.82. The average molecular weight is 437 g/mol. The smallest absolute Gasteiger partial charge is 0.407 e. The summed E-state index contributed by atoms with van der Waals surface area (Å²) in [6.45, 7) is 0.457. The van der Waals surface area contributed by atoms with Crippen LogP contribution < -0.4 is 10.6 Å². The van der Waals surface area contributed by atoms with Gasteiger partial charge in [0.1, 0.15) is 6.61 Å². The van der Waals surface area contributed by atoms with Gasteiger partial charge < -0.3 is 15.4 Å². The van der Waals surface area contributed by atoms with Crippen molar-refractivity contribution in [3.63, 3.8) is 0 Å². The molecule has 5 heteroatoms. The third-order valence-electron chi connectivity index (χ3n) is 5.96. The monoisotopic (exact) mass is 436 g/mol. The Morgan fingerprint density at radius 2 is 1.52 bits per heavy atom. The molecule has 0 saturated heterocycles. The molecular weight excluding hydrogens is 412 g/mol. The van der Waals surface area contributed by atoms with Crippen molar-refractivity contribution < 1.29 is 14.3 Å². The van der Waals surface area contributed by atoms with Crippen LogP contribution in [-0.4, -0.2) is 31.2 Å². The van der Waals surface area contributed by atoms with Crippen LogP contribution in [0.4, 0.5) is 4.79 Å². The molecule has 0 bridgehead atoms. The first kappa shape index (κ1) is 20.8. The number of carbonyl (C=O) groups is 2. The zero-order valence-corrected chi connectivity index (χ0v) is 18.1. The van der Waals surface area contributed by atoms with Crippen molar-refractivity contribution >= 4 is 12.0 Å². The Hall–Kier alpha value is -4.04. The van der Waals surface area contributed by atoms with E-state index in [-0.39, 0.29) is 25.0 Å². The van der Waals surface area contributed by atoms with Crippen molar-refractivity contribution in [3.8, 4) is 23.0 Å². The van der Waals surface area contributed by atoms with Gasteiger partial charge in [-0.3, -0.25) is 4.79 Å². The Morgan fingerprint density at radius 3 is 2.15 bits per heavy atom. The lowest BCUT2D eigenvalue weighted by atomic mass is 9.98. The van der Waals surface area contributed by atoms with E-state index in [4.69, 9.17) is 4.74 Å². The summed E-state index contributed by atoms with van der Waals surface area (Å²) in [7, 11) is 0. The first-order valence-electron chi connectivity index (χ1n) is 11.2. The van der Waals surface area contributed by atoms with Crippen LogP contribution in [0, 0.1) is 11.8 Å². The highest BCUT2D eigenvalue weighted by Crippen LogP contribution is 2.44. The van der Waals surface area contributed by atoms with Gasteiger partial charge in [-0.05, 0) is 59.4 Å². The Bertz CT molecular complexity index is 1200. The number of alkyl carbamates (subject to hydrolysis) is 1. The lowest BCUT2D eigenvalue weighted by molar-refractivity contribution is 0.0951. The molecule has 0 aromatic heterocycles. The molecule has 0 unspecified atom stereocenters. The van der Waals surface area contributed by atoms with E-state index in [0.29, 0.717) is 11.6 Å². The van der Waals surface area contributed by atoms with Gasteiger partial charge in [0.05, 0.1) is 6.54 Å². The molecule has 33 heavy (non-hydrogen) atoms. The quantitative estimate of drug-likeness (QED) is 0.580. The molecular formula is C28H24N2O3. The summed E-state index contributed by atoms with van der Waals surface area (Å²) < 4.78 is 5.51. The van der Waals surface area contributed by atoms with E-state index >= 15 is 0 Å². The second-order valence-corrected chi connectivity index (χ2v) is 8.31. The molecule has 2 aliphatic carbocycles. The van der Waals surface area contributed by atoms with Gasteiger partial charge in [-0.1, -0.05) is 60.4 Å². The van der Waals surface area contributed by atoms with Crippen LogP contribution in [0.5, 0.6) is 0 Å². The van der Waals surface area contributed by atoms with Crippen molar-refractivity contribution in [1.82, 2.24) is 10.6 Å². The summed E-state index contributed by atoms with van der Waals surface area (Å²) in [5.74, 6) is 5.90. The van der Waals surface area contributed by atoms with Crippen LogP contribution in [0.25, 0.3) is 11.1 Å². The second-order valence-electron chi connectivity index (χ2n) is 8.31. The standard InChI is InChI=1S/C28H24N2O3/c31-27(30-21-15-16-21)20-13-11-19(12-14-20)6-5-17-29-28(32)33-18-26-24-9-3-1-7-22(24)23-8-2-4-10-25(23)26/h1-4,7-14,21,26H,15-18H2,(H,29,32)(H,30,31). The fraction of sp³-hybridized carbons (Fsp3) is 0.214. The highest BCUT2D eigenvalue weighted by molar-refractivity contribution is 5.94. The average Bonchev–Trinajstić information content (AvgIpc) is 3.61. The van der Waals surface area contributed by atoms with Gasteiger partial charge in [-0.15, -0.1) is 0 Å². The van der Waals surface area contributed by atoms with Crippen molar-refractivity contribution in [1.29, 1.82) is 0 Å². The minimum absolute atomic E-state index is 0.0323. The molecule has 2 aliphatic rings. The number of amides is 2. The van der Waals surface area contributed by atoms with Crippen LogP contribution >= 0.6 is 0 Å². The number of nitrogens with one attached hydrogen (secondary N) is 2. The summed E-state index contributed by atoms with van der Waals surface area (Å²) in [4.78, 5) is 24.2. The predicted molar refractivity (Wildman–Crippen MR) is 127 cm³/mol. The summed E-state index contributed by atoms with van der Waals surface area (Å²) in [6, 6.07) is 24.0. The van der Waals surface area contributed by atoms with E-state index in [2.05, 4.69) is 46.7 Å².